The second-order valence-corrected chi connectivity index (χ2v) is 9.48. The summed E-state index contributed by atoms with van der Waals surface area (Å²) in [6, 6.07) is 6.66. The standard InChI is InChI=1S/C19H23FN4O2S/c1-13-12-21-19(23-18(13)16-4-2-3-5-17(16)20)22-14-8-10-24(11-9-14)27(25,26)15-6-7-15/h2-5,12,14-15H,6-11H2,1H3,(H,21,22,23). The van der Waals surface area contributed by atoms with Crippen molar-refractivity contribution in [3.05, 3.63) is 41.8 Å². The molecule has 6 nitrogen and oxygen atoms in total. The zero-order chi connectivity index (χ0) is 19.0. The summed E-state index contributed by atoms with van der Waals surface area (Å²) in [7, 11) is -3.11. The third-order valence-corrected chi connectivity index (χ3v) is 7.59. The maximum atomic E-state index is 14.1. The number of aromatic nitrogens is 2. The molecule has 0 unspecified atom stereocenters. The van der Waals surface area contributed by atoms with Gasteiger partial charge < -0.3 is 5.32 Å². The van der Waals surface area contributed by atoms with E-state index in [0.29, 0.717) is 43.1 Å². The number of benzene rings is 1. The number of rotatable bonds is 5. The molecule has 0 spiro atoms. The highest BCUT2D eigenvalue weighted by atomic mass is 32.2. The summed E-state index contributed by atoms with van der Waals surface area (Å²) in [5.74, 6) is 0.131. The molecule has 1 saturated carbocycles. The van der Waals surface area contributed by atoms with Crippen LogP contribution in [0.3, 0.4) is 0 Å². The third kappa shape index (κ3) is 3.82. The van der Waals surface area contributed by atoms with Crippen LogP contribution in [0.4, 0.5) is 10.3 Å². The van der Waals surface area contributed by atoms with Crippen LogP contribution < -0.4 is 5.32 Å². The minimum absolute atomic E-state index is 0.104. The quantitative estimate of drug-likeness (QED) is 0.850. The highest BCUT2D eigenvalue weighted by Crippen LogP contribution is 2.32. The van der Waals surface area contributed by atoms with Crippen molar-refractivity contribution in [1.29, 1.82) is 0 Å². The van der Waals surface area contributed by atoms with Gasteiger partial charge >= 0.3 is 0 Å². The molecular weight excluding hydrogens is 367 g/mol. The van der Waals surface area contributed by atoms with Gasteiger partial charge in [-0.3, -0.25) is 0 Å². The van der Waals surface area contributed by atoms with Gasteiger partial charge in [0.15, 0.2) is 0 Å². The molecule has 0 atom stereocenters. The molecule has 1 aliphatic carbocycles. The maximum absolute atomic E-state index is 14.1. The summed E-state index contributed by atoms with van der Waals surface area (Å²) >= 11 is 0. The summed E-state index contributed by atoms with van der Waals surface area (Å²) in [5, 5.41) is 3.13. The first-order valence-electron chi connectivity index (χ1n) is 9.29. The van der Waals surface area contributed by atoms with Gasteiger partial charge in [-0.1, -0.05) is 12.1 Å². The average molecular weight is 390 g/mol. The van der Waals surface area contributed by atoms with Crippen LogP contribution in [0.1, 0.15) is 31.2 Å². The van der Waals surface area contributed by atoms with Crippen LogP contribution in [-0.2, 0) is 10.0 Å². The number of hydrogen-bond donors (Lipinski definition) is 1. The first-order valence-corrected chi connectivity index (χ1v) is 10.8. The lowest BCUT2D eigenvalue weighted by atomic mass is 10.1. The van der Waals surface area contributed by atoms with Crippen LogP contribution >= 0.6 is 0 Å². The number of piperidine rings is 1. The van der Waals surface area contributed by atoms with Crippen LogP contribution in [0.2, 0.25) is 0 Å². The summed E-state index contributed by atoms with van der Waals surface area (Å²) in [6.45, 7) is 2.89. The van der Waals surface area contributed by atoms with E-state index in [1.165, 1.54) is 6.07 Å². The first-order chi connectivity index (χ1) is 12.9. The number of hydrogen-bond acceptors (Lipinski definition) is 5. The second kappa shape index (κ2) is 7.16. The Kier molecular flexibility index (Phi) is 4.86. The van der Waals surface area contributed by atoms with Crippen molar-refractivity contribution in [2.24, 2.45) is 0 Å². The Bertz CT molecular complexity index is 938. The predicted octanol–water partition coefficient (Wildman–Crippen LogP) is 2.96. The number of sulfonamides is 1. The molecule has 27 heavy (non-hydrogen) atoms. The number of anilines is 1. The van der Waals surface area contributed by atoms with Gasteiger partial charge in [0.25, 0.3) is 0 Å². The Balaban J connectivity index is 1.45. The Morgan fingerprint density at radius 1 is 1.15 bits per heavy atom. The SMILES string of the molecule is Cc1cnc(NC2CCN(S(=O)(=O)C3CC3)CC2)nc1-c1ccccc1F. The monoisotopic (exact) mass is 390 g/mol. The second-order valence-electron chi connectivity index (χ2n) is 7.27. The van der Waals surface area contributed by atoms with Crippen molar-refractivity contribution in [2.75, 3.05) is 18.4 Å². The molecule has 1 aromatic carbocycles. The van der Waals surface area contributed by atoms with Crippen LogP contribution in [0.15, 0.2) is 30.5 Å². The first kappa shape index (κ1) is 18.3. The lowest BCUT2D eigenvalue weighted by molar-refractivity contribution is 0.328. The minimum Gasteiger partial charge on any atom is -0.351 e. The van der Waals surface area contributed by atoms with E-state index >= 15 is 0 Å². The summed E-state index contributed by atoms with van der Waals surface area (Å²) < 4.78 is 40.4. The Hall–Kier alpha value is -2.06. The molecule has 2 aromatic rings. The van der Waals surface area contributed by atoms with Gasteiger partial charge in [0.2, 0.25) is 16.0 Å². The normalized spacial score (nSPS) is 19.2. The van der Waals surface area contributed by atoms with E-state index in [1.807, 2.05) is 6.92 Å². The van der Waals surface area contributed by atoms with E-state index < -0.39 is 10.0 Å². The fourth-order valence-electron chi connectivity index (χ4n) is 3.45. The fourth-order valence-corrected chi connectivity index (χ4v) is 5.32. The topological polar surface area (TPSA) is 75.2 Å². The molecule has 2 fully saturated rings. The highest BCUT2D eigenvalue weighted by Gasteiger charge is 2.41. The number of aryl methyl sites for hydroxylation is 1. The lowest BCUT2D eigenvalue weighted by Gasteiger charge is -2.31. The molecule has 4 rings (SSSR count). The van der Waals surface area contributed by atoms with E-state index in [2.05, 4.69) is 15.3 Å². The van der Waals surface area contributed by atoms with E-state index in [-0.39, 0.29) is 17.1 Å². The van der Waals surface area contributed by atoms with Crippen molar-refractivity contribution in [2.45, 2.75) is 43.9 Å². The van der Waals surface area contributed by atoms with E-state index in [1.54, 1.807) is 28.7 Å². The molecule has 1 saturated heterocycles. The highest BCUT2D eigenvalue weighted by molar-refractivity contribution is 7.90. The van der Waals surface area contributed by atoms with Crippen LogP contribution in [-0.4, -0.2) is 47.1 Å². The number of nitrogens with zero attached hydrogens (tertiary/aromatic N) is 3. The Morgan fingerprint density at radius 2 is 1.85 bits per heavy atom. The van der Waals surface area contributed by atoms with Crippen molar-refractivity contribution < 1.29 is 12.8 Å². The van der Waals surface area contributed by atoms with Crippen LogP contribution in [0, 0.1) is 12.7 Å². The van der Waals surface area contributed by atoms with Crippen LogP contribution in [0.5, 0.6) is 0 Å². The van der Waals surface area contributed by atoms with Crippen molar-refractivity contribution in [3.8, 4) is 11.3 Å². The van der Waals surface area contributed by atoms with Gasteiger partial charge in [-0.05, 0) is 50.3 Å². The molecule has 2 heterocycles. The van der Waals surface area contributed by atoms with E-state index in [9.17, 15) is 12.8 Å². The number of halogens is 1. The van der Waals surface area contributed by atoms with Gasteiger partial charge in [0.05, 0.1) is 10.9 Å². The smallest absolute Gasteiger partial charge is 0.223 e. The molecule has 0 radical (unpaired) electrons. The molecular formula is C19H23FN4O2S. The van der Waals surface area contributed by atoms with E-state index in [0.717, 1.165) is 18.4 Å². The zero-order valence-electron chi connectivity index (χ0n) is 15.2. The maximum Gasteiger partial charge on any atom is 0.223 e. The third-order valence-electron chi connectivity index (χ3n) is 5.19. The molecule has 1 aromatic heterocycles. The average Bonchev–Trinajstić information content (AvgIpc) is 3.50. The summed E-state index contributed by atoms with van der Waals surface area (Å²) in [4.78, 5) is 8.83. The largest absolute Gasteiger partial charge is 0.351 e. The molecule has 144 valence electrons. The molecule has 1 N–H and O–H groups in total. The van der Waals surface area contributed by atoms with Crippen molar-refractivity contribution in [3.63, 3.8) is 0 Å². The lowest BCUT2D eigenvalue weighted by Crippen LogP contribution is -2.43. The van der Waals surface area contributed by atoms with Gasteiger partial charge in [-0.2, -0.15) is 0 Å². The van der Waals surface area contributed by atoms with Gasteiger partial charge in [0, 0.05) is 30.9 Å². The number of nitrogens with one attached hydrogen (secondary N) is 1. The zero-order valence-corrected chi connectivity index (χ0v) is 16.0. The van der Waals surface area contributed by atoms with Gasteiger partial charge in [0.1, 0.15) is 5.82 Å². The fraction of sp³-hybridized carbons (Fsp3) is 0.474. The molecule has 1 aliphatic heterocycles. The Morgan fingerprint density at radius 3 is 2.52 bits per heavy atom. The predicted molar refractivity (Wildman–Crippen MR) is 102 cm³/mol. The molecule has 0 amide bonds. The molecule has 0 bridgehead atoms. The molecule has 8 heteroatoms. The van der Waals surface area contributed by atoms with Crippen molar-refractivity contribution in [1.82, 2.24) is 14.3 Å². The van der Waals surface area contributed by atoms with Gasteiger partial charge in [-0.25, -0.2) is 27.1 Å². The minimum atomic E-state index is -3.11. The van der Waals surface area contributed by atoms with Gasteiger partial charge in [-0.15, -0.1) is 0 Å². The Labute approximate surface area is 158 Å². The summed E-state index contributed by atoms with van der Waals surface area (Å²) in [6.07, 6.45) is 4.67. The summed E-state index contributed by atoms with van der Waals surface area (Å²) in [5.41, 5.74) is 1.82. The van der Waals surface area contributed by atoms with E-state index in [4.69, 9.17) is 0 Å². The van der Waals surface area contributed by atoms with Crippen molar-refractivity contribution >= 4 is 16.0 Å². The molecule has 2 aliphatic rings. The van der Waals surface area contributed by atoms with Crippen LogP contribution in [0.25, 0.3) is 11.3 Å².